The molecule has 2 amide bonds. The molecule has 0 fully saturated rings. The van der Waals surface area contributed by atoms with Gasteiger partial charge in [0.1, 0.15) is 11.6 Å². The van der Waals surface area contributed by atoms with Gasteiger partial charge in [-0.15, -0.1) is 0 Å². The van der Waals surface area contributed by atoms with Crippen LogP contribution in [-0.4, -0.2) is 39.8 Å². The fourth-order valence-corrected chi connectivity index (χ4v) is 3.79. The Hall–Kier alpha value is -4.26. The Bertz CT molecular complexity index is 1360. The van der Waals surface area contributed by atoms with Crippen LogP contribution in [0.4, 0.5) is 0 Å². The Morgan fingerprint density at radius 1 is 0.812 bits per heavy atom. The number of para-hydroxylation sites is 1. The van der Waals surface area contributed by atoms with E-state index in [2.05, 4.69) is 9.97 Å². The molecule has 0 radical (unpaired) electrons. The molecule has 7 nitrogen and oxygen atoms in total. The van der Waals surface area contributed by atoms with Crippen LogP contribution in [0.1, 0.15) is 27.1 Å². The Kier molecular flexibility index (Phi) is 4.99. The molecule has 32 heavy (non-hydrogen) atoms. The van der Waals surface area contributed by atoms with Gasteiger partial charge in [0.2, 0.25) is 0 Å². The number of nitrogens with one attached hydrogen (secondary N) is 1. The van der Waals surface area contributed by atoms with E-state index in [4.69, 9.17) is 4.74 Å². The van der Waals surface area contributed by atoms with Crippen molar-refractivity contribution in [3.05, 3.63) is 94.3 Å². The number of carbonyl (C=O) groups is 2. The summed E-state index contributed by atoms with van der Waals surface area (Å²) in [6, 6.07) is 21.3. The number of benzene rings is 3. The molecule has 4 aromatic rings. The average Bonchev–Trinajstić information content (AvgIpc) is 3.07. The van der Waals surface area contributed by atoms with Gasteiger partial charge in [0.05, 0.1) is 28.6 Å². The molecule has 0 saturated carbocycles. The topological polar surface area (TPSA) is 92.4 Å². The highest BCUT2D eigenvalue weighted by Crippen LogP contribution is 2.23. The van der Waals surface area contributed by atoms with Crippen LogP contribution >= 0.6 is 0 Å². The summed E-state index contributed by atoms with van der Waals surface area (Å²) in [5.41, 5.74) is 2.13. The number of aromatic nitrogens is 2. The first-order valence-corrected chi connectivity index (χ1v) is 10.3. The molecule has 1 aromatic heterocycles. The predicted octanol–water partition coefficient (Wildman–Crippen LogP) is 3.66. The van der Waals surface area contributed by atoms with Crippen molar-refractivity contribution < 1.29 is 14.3 Å². The molecule has 1 N–H and O–H groups in total. The summed E-state index contributed by atoms with van der Waals surface area (Å²) in [6.45, 7) is 0.657. The number of hydrogen-bond donors (Lipinski definition) is 1. The van der Waals surface area contributed by atoms with E-state index >= 15 is 0 Å². The number of carbonyl (C=O) groups excluding carboxylic acids is 2. The average molecular weight is 425 g/mol. The van der Waals surface area contributed by atoms with Gasteiger partial charge in [-0.05, 0) is 55.0 Å². The molecule has 0 bridgehead atoms. The summed E-state index contributed by atoms with van der Waals surface area (Å²) in [6.07, 6.45) is 0.521. The molecular weight excluding hydrogens is 406 g/mol. The van der Waals surface area contributed by atoms with E-state index in [9.17, 15) is 14.4 Å². The van der Waals surface area contributed by atoms with Gasteiger partial charge in [0, 0.05) is 12.1 Å². The fourth-order valence-electron chi connectivity index (χ4n) is 3.79. The number of H-pyrrole nitrogens is 1. The monoisotopic (exact) mass is 425 g/mol. The minimum atomic E-state index is -0.258. The van der Waals surface area contributed by atoms with Crippen LogP contribution in [0.3, 0.4) is 0 Å². The molecule has 3 aromatic carbocycles. The minimum Gasteiger partial charge on any atom is -0.494 e. The van der Waals surface area contributed by atoms with Crippen LogP contribution in [0.25, 0.3) is 22.3 Å². The Labute approximate surface area is 183 Å². The van der Waals surface area contributed by atoms with Gasteiger partial charge in [0.15, 0.2) is 0 Å². The largest absolute Gasteiger partial charge is 0.494 e. The van der Waals surface area contributed by atoms with Crippen molar-refractivity contribution >= 4 is 22.7 Å². The Balaban J connectivity index is 1.20. The zero-order valence-corrected chi connectivity index (χ0v) is 17.1. The van der Waals surface area contributed by atoms with Crippen LogP contribution in [-0.2, 0) is 0 Å². The molecule has 0 unspecified atom stereocenters. The zero-order valence-electron chi connectivity index (χ0n) is 17.1. The number of rotatable bonds is 6. The van der Waals surface area contributed by atoms with Crippen LogP contribution < -0.4 is 10.3 Å². The molecular formula is C25H19N3O4. The number of imide groups is 1. The smallest absolute Gasteiger partial charge is 0.261 e. The summed E-state index contributed by atoms with van der Waals surface area (Å²) in [4.78, 5) is 45.6. The maximum absolute atomic E-state index is 12.4. The summed E-state index contributed by atoms with van der Waals surface area (Å²) in [5.74, 6) is 0.629. The summed E-state index contributed by atoms with van der Waals surface area (Å²) in [7, 11) is 0. The second-order valence-corrected chi connectivity index (χ2v) is 7.47. The number of fused-ring (bicyclic) bond motifs is 2. The zero-order chi connectivity index (χ0) is 22.1. The number of ether oxygens (including phenoxy) is 1. The number of hydrogen-bond acceptors (Lipinski definition) is 5. The van der Waals surface area contributed by atoms with Crippen molar-refractivity contribution in [2.24, 2.45) is 0 Å². The van der Waals surface area contributed by atoms with Crippen molar-refractivity contribution in [3.8, 4) is 17.1 Å². The summed E-state index contributed by atoms with van der Waals surface area (Å²) >= 11 is 0. The lowest BCUT2D eigenvalue weighted by Crippen LogP contribution is -2.31. The lowest BCUT2D eigenvalue weighted by molar-refractivity contribution is 0.0646. The van der Waals surface area contributed by atoms with Gasteiger partial charge < -0.3 is 9.72 Å². The first-order valence-electron chi connectivity index (χ1n) is 10.3. The Morgan fingerprint density at radius 2 is 1.47 bits per heavy atom. The fraction of sp³-hybridized carbons (Fsp3) is 0.120. The molecule has 1 aliphatic rings. The quantitative estimate of drug-likeness (QED) is 0.376. The molecule has 0 saturated heterocycles. The predicted molar refractivity (Wildman–Crippen MR) is 120 cm³/mol. The highest BCUT2D eigenvalue weighted by molar-refractivity contribution is 6.21. The third kappa shape index (κ3) is 3.54. The third-order valence-corrected chi connectivity index (χ3v) is 5.41. The van der Waals surface area contributed by atoms with Gasteiger partial charge in [-0.2, -0.15) is 0 Å². The normalized spacial score (nSPS) is 12.9. The number of aromatic amines is 1. The van der Waals surface area contributed by atoms with Crippen molar-refractivity contribution in [2.75, 3.05) is 13.2 Å². The standard InChI is InChI=1S/C25H19N3O4/c29-23-20-8-3-4-9-21(20)26-22(27-23)16-10-12-17(13-11-16)32-15-5-14-28-24(30)18-6-1-2-7-19(18)25(28)31/h1-4,6-13H,5,14-15H2,(H,26,27,29). The van der Waals surface area contributed by atoms with Crippen molar-refractivity contribution in [1.29, 1.82) is 0 Å². The van der Waals surface area contributed by atoms with Gasteiger partial charge in [-0.1, -0.05) is 24.3 Å². The lowest BCUT2D eigenvalue weighted by Gasteiger charge is -2.14. The molecule has 2 heterocycles. The lowest BCUT2D eigenvalue weighted by atomic mass is 10.1. The summed E-state index contributed by atoms with van der Waals surface area (Å²) < 4.78 is 5.76. The van der Waals surface area contributed by atoms with E-state index in [0.717, 1.165) is 5.56 Å². The second-order valence-electron chi connectivity index (χ2n) is 7.47. The Morgan fingerprint density at radius 3 is 2.19 bits per heavy atom. The van der Waals surface area contributed by atoms with Crippen LogP contribution in [0.15, 0.2) is 77.6 Å². The second kappa shape index (κ2) is 8.11. The van der Waals surface area contributed by atoms with E-state index in [1.54, 1.807) is 54.6 Å². The van der Waals surface area contributed by atoms with E-state index in [1.165, 1.54) is 4.90 Å². The van der Waals surface area contributed by atoms with Crippen LogP contribution in [0.2, 0.25) is 0 Å². The molecule has 0 atom stereocenters. The first kappa shape index (κ1) is 19.7. The highest BCUT2D eigenvalue weighted by atomic mass is 16.5. The summed E-state index contributed by atoms with van der Waals surface area (Å²) in [5, 5.41) is 0.550. The maximum atomic E-state index is 12.4. The molecule has 1 aliphatic heterocycles. The first-order chi connectivity index (χ1) is 15.6. The van der Waals surface area contributed by atoms with Crippen molar-refractivity contribution in [1.82, 2.24) is 14.9 Å². The number of amides is 2. The van der Waals surface area contributed by atoms with Gasteiger partial charge in [-0.3, -0.25) is 19.3 Å². The molecule has 0 spiro atoms. The molecule has 158 valence electrons. The SMILES string of the molecule is O=C1c2ccccc2C(=O)N1CCCOc1ccc(-c2nc3ccccc3c(=O)[nH]2)cc1. The molecule has 5 rings (SSSR count). The minimum absolute atomic E-state index is 0.181. The van der Waals surface area contributed by atoms with Crippen LogP contribution in [0, 0.1) is 0 Å². The van der Waals surface area contributed by atoms with Gasteiger partial charge >= 0.3 is 0 Å². The van der Waals surface area contributed by atoms with E-state index < -0.39 is 0 Å². The van der Waals surface area contributed by atoms with Crippen molar-refractivity contribution in [2.45, 2.75) is 6.42 Å². The number of nitrogens with zero attached hydrogens (tertiary/aromatic N) is 2. The van der Waals surface area contributed by atoms with Gasteiger partial charge in [0.25, 0.3) is 17.4 Å². The van der Waals surface area contributed by atoms with Gasteiger partial charge in [-0.25, -0.2) is 4.98 Å². The third-order valence-electron chi connectivity index (χ3n) is 5.41. The van der Waals surface area contributed by atoms with Crippen LogP contribution in [0.5, 0.6) is 5.75 Å². The maximum Gasteiger partial charge on any atom is 0.261 e. The highest BCUT2D eigenvalue weighted by Gasteiger charge is 2.34. The van der Waals surface area contributed by atoms with E-state index in [1.807, 2.05) is 18.2 Å². The van der Waals surface area contributed by atoms with Crippen molar-refractivity contribution in [3.63, 3.8) is 0 Å². The molecule has 0 aliphatic carbocycles. The molecule has 7 heteroatoms. The van der Waals surface area contributed by atoms with E-state index in [-0.39, 0.29) is 17.4 Å². The van der Waals surface area contributed by atoms with E-state index in [0.29, 0.717) is 53.2 Å².